The summed E-state index contributed by atoms with van der Waals surface area (Å²) in [6.45, 7) is 7.96. The Bertz CT molecular complexity index is 304. The van der Waals surface area contributed by atoms with E-state index in [1.54, 1.807) is 11.3 Å². The third-order valence-electron chi connectivity index (χ3n) is 3.59. The van der Waals surface area contributed by atoms with Gasteiger partial charge in [0.15, 0.2) is 0 Å². The minimum absolute atomic E-state index is 0.539. The summed E-state index contributed by atoms with van der Waals surface area (Å²) in [7, 11) is 0. The summed E-state index contributed by atoms with van der Waals surface area (Å²) in [5.41, 5.74) is 0. The van der Waals surface area contributed by atoms with Crippen LogP contribution < -0.4 is 5.32 Å². The van der Waals surface area contributed by atoms with E-state index in [-0.39, 0.29) is 0 Å². The highest BCUT2D eigenvalue weighted by Crippen LogP contribution is 2.28. The van der Waals surface area contributed by atoms with Gasteiger partial charge in [0.05, 0.1) is 6.04 Å². The van der Waals surface area contributed by atoms with Gasteiger partial charge in [0, 0.05) is 30.7 Å². The number of hydrogen-bond donors (Lipinski definition) is 1. The summed E-state index contributed by atoms with van der Waals surface area (Å²) < 4.78 is 0. The Hall–Kier alpha value is -0.450. The average molecular weight is 253 g/mol. The molecule has 1 aromatic heterocycles. The molecule has 96 valence electrons. The molecule has 1 N–H and O–H groups in total. The zero-order valence-electron chi connectivity index (χ0n) is 10.9. The van der Waals surface area contributed by atoms with E-state index in [1.807, 2.05) is 6.20 Å². The molecule has 1 fully saturated rings. The number of nitrogens with one attached hydrogen (secondary N) is 1. The molecule has 2 rings (SSSR count). The quantitative estimate of drug-likeness (QED) is 0.874. The van der Waals surface area contributed by atoms with Crippen molar-refractivity contribution < 1.29 is 0 Å². The Kier molecular flexibility index (Phi) is 4.95. The third kappa shape index (κ3) is 3.27. The van der Waals surface area contributed by atoms with Gasteiger partial charge in [-0.25, -0.2) is 4.98 Å². The molecule has 17 heavy (non-hydrogen) atoms. The molecule has 1 atom stereocenters. The van der Waals surface area contributed by atoms with Crippen molar-refractivity contribution in [3.8, 4) is 0 Å². The lowest BCUT2D eigenvalue weighted by molar-refractivity contribution is 0.140. The van der Waals surface area contributed by atoms with Crippen molar-refractivity contribution >= 4 is 11.3 Å². The fourth-order valence-corrected chi connectivity index (χ4v) is 3.55. The fraction of sp³-hybridized carbons (Fsp3) is 0.769. The predicted molar refractivity (Wildman–Crippen MR) is 73.4 cm³/mol. The first-order chi connectivity index (χ1) is 8.35. The number of thiazole rings is 1. The number of piperidine rings is 1. The Morgan fingerprint density at radius 3 is 2.76 bits per heavy atom. The maximum Gasteiger partial charge on any atom is 0.110 e. The highest BCUT2D eigenvalue weighted by atomic mass is 32.1. The third-order valence-corrected chi connectivity index (χ3v) is 4.46. The minimum atomic E-state index is 0.539. The van der Waals surface area contributed by atoms with Gasteiger partial charge in [-0.15, -0.1) is 11.3 Å². The zero-order chi connectivity index (χ0) is 12.1. The standard InChI is InChI=1S/C13H23N3S/c1-3-12(13-15-7-10-17-13)16-8-5-11(6-9-16)14-4-2/h7,10-12,14H,3-6,8-9H2,1-2H3. The Balaban J connectivity index is 1.90. The molecule has 0 spiro atoms. The molecule has 0 aromatic carbocycles. The second-order valence-corrected chi connectivity index (χ2v) is 5.59. The first-order valence-electron chi connectivity index (χ1n) is 6.72. The average Bonchev–Trinajstić information content (AvgIpc) is 2.86. The first-order valence-corrected chi connectivity index (χ1v) is 7.60. The van der Waals surface area contributed by atoms with Gasteiger partial charge in [0.2, 0.25) is 0 Å². The molecule has 1 unspecified atom stereocenters. The highest BCUT2D eigenvalue weighted by molar-refractivity contribution is 7.09. The van der Waals surface area contributed by atoms with E-state index < -0.39 is 0 Å². The van der Waals surface area contributed by atoms with Crippen LogP contribution in [0.25, 0.3) is 0 Å². The van der Waals surface area contributed by atoms with Gasteiger partial charge < -0.3 is 5.32 Å². The number of aromatic nitrogens is 1. The molecular weight excluding hydrogens is 230 g/mol. The molecule has 0 saturated carbocycles. The van der Waals surface area contributed by atoms with Crippen LogP contribution in [0.15, 0.2) is 11.6 Å². The van der Waals surface area contributed by atoms with Crippen LogP contribution in [0.3, 0.4) is 0 Å². The van der Waals surface area contributed by atoms with Crippen molar-refractivity contribution in [3.05, 3.63) is 16.6 Å². The van der Waals surface area contributed by atoms with Crippen LogP contribution in [0.1, 0.15) is 44.2 Å². The molecule has 1 saturated heterocycles. The Morgan fingerprint density at radius 2 is 2.24 bits per heavy atom. The van der Waals surface area contributed by atoms with Crippen molar-refractivity contribution in [2.45, 2.75) is 45.2 Å². The monoisotopic (exact) mass is 253 g/mol. The van der Waals surface area contributed by atoms with E-state index in [4.69, 9.17) is 0 Å². The van der Waals surface area contributed by atoms with Crippen molar-refractivity contribution in [2.24, 2.45) is 0 Å². The van der Waals surface area contributed by atoms with Crippen LogP contribution in [0.2, 0.25) is 0 Å². The van der Waals surface area contributed by atoms with E-state index in [9.17, 15) is 0 Å². The zero-order valence-corrected chi connectivity index (χ0v) is 11.7. The highest BCUT2D eigenvalue weighted by Gasteiger charge is 2.25. The molecule has 4 heteroatoms. The van der Waals surface area contributed by atoms with Crippen LogP contribution in [0.4, 0.5) is 0 Å². The summed E-state index contributed by atoms with van der Waals surface area (Å²) >= 11 is 1.79. The lowest BCUT2D eigenvalue weighted by Gasteiger charge is -2.36. The lowest BCUT2D eigenvalue weighted by Crippen LogP contribution is -2.43. The van der Waals surface area contributed by atoms with E-state index >= 15 is 0 Å². The van der Waals surface area contributed by atoms with Gasteiger partial charge in [0.25, 0.3) is 0 Å². The van der Waals surface area contributed by atoms with Crippen LogP contribution in [-0.2, 0) is 0 Å². The molecule has 0 radical (unpaired) electrons. The summed E-state index contributed by atoms with van der Waals surface area (Å²) in [6, 6.07) is 1.27. The molecule has 1 aliphatic heterocycles. The fourth-order valence-electron chi connectivity index (χ4n) is 2.69. The number of nitrogens with zero attached hydrogens (tertiary/aromatic N) is 2. The maximum absolute atomic E-state index is 4.48. The summed E-state index contributed by atoms with van der Waals surface area (Å²) in [6.07, 6.45) is 5.64. The smallest absolute Gasteiger partial charge is 0.110 e. The second kappa shape index (κ2) is 6.47. The molecule has 1 aliphatic rings. The van der Waals surface area contributed by atoms with Gasteiger partial charge >= 0.3 is 0 Å². The normalized spacial score (nSPS) is 20.6. The molecule has 1 aromatic rings. The molecule has 2 heterocycles. The van der Waals surface area contributed by atoms with Crippen LogP contribution in [0, 0.1) is 0 Å². The van der Waals surface area contributed by atoms with Gasteiger partial charge in [0.1, 0.15) is 5.01 Å². The molecule has 0 bridgehead atoms. The number of hydrogen-bond acceptors (Lipinski definition) is 4. The van der Waals surface area contributed by atoms with Crippen LogP contribution >= 0.6 is 11.3 Å². The van der Waals surface area contributed by atoms with Gasteiger partial charge in [-0.2, -0.15) is 0 Å². The van der Waals surface area contributed by atoms with Crippen molar-refractivity contribution in [2.75, 3.05) is 19.6 Å². The van der Waals surface area contributed by atoms with Gasteiger partial charge in [-0.05, 0) is 25.8 Å². The Morgan fingerprint density at radius 1 is 1.47 bits per heavy atom. The molecule has 0 amide bonds. The number of rotatable bonds is 5. The van der Waals surface area contributed by atoms with E-state index in [1.165, 1.54) is 37.4 Å². The number of likely N-dealkylation sites (tertiary alicyclic amines) is 1. The largest absolute Gasteiger partial charge is 0.314 e. The van der Waals surface area contributed by atoms with E-state index in [2.05, 4.69) is 34.4 Å². The van der Waals surface area contributed by atoms with Crippen molar-refractivity contribution in [1.29, 1.82) is 0 Å². The van der Waals surface area contributed by atoms with E-state index in [0.29, 0.717) is 6.04 Å². The van der Waals surface area contributed by atoms with Crippen LogP contribution in [-0.4, -0.2) is 35.6 Å². The second-order valence-electron chi connectivity index (χ2n) is 4.66. The van der Waals surface area contributed by atoms with Gasteiger partial charge in [-0.1, -0.05) is 13.8 Å². The van der Waals surface area contributed by atoms with E-state index in [0.717, 1.165) is 12.6 Å². The van der Waals surface area contributed by atoms with Crippen molar-refractivity contribution in [1.82, 2.24) is 15.2 Å². The minimum Gasteiger partial charge on any atom is -0.314 e. The maximum atomic E-state index is 4.48. The van der Waals surface area contributed by atoms with Crippen molar-refractivity contribution in [3.63, 3.8) is 0 Å². The summed E-state index contributed by atoms with van der Waals surface area (Å²) in [4.78, 5) is 7.08. The SMILES string of the molecule is CCNC1CCN(C(CC)c2nccs2)CC1. The van der Waals surface area contributed by atoms with Crippen LogP contribution in [0.5, 0.6) is 0 Å². The van der Waals surface area contributed by atoms with Gasteiger partial charge in [-0.3, -0.25) is 4.90 Å². The topological polar surface area (TPSA) is 28.2 Å². The molecule has 3 nitrogen and oxygen atoms in total. The summed E-state index contributed by atoms with van der Waals surface area (Å²) in [5.74, 6) is 0. The first kappa shape index (κ1) is 13.0. The Labute approximate surface area is 108 Å². The molecular formula is C13H23N3S. The predicted octanol–water partition coefficient (Wildman–Crippen LogP) is 2.67. The molecule has 0 aliphatic carbocycles. The summed E-state index contributed by atoms with van der Waals surface area (Å²) in [5, 5.41) is 6.93. The lowest BCUT2D eigenvalue weighted by atomic mass is 10.0.